The Hall–Kier alpha value is 4.17. The molecule has 40 nitrogen and oxygen atoms in total. The second kappa shape index (κ2) is 93.9. The summed E-state index contributed by atoms with van der Waals surface area (Å²) in [7, 11) is -5.39. The Morgan fingerprint density at radius 1 is 0.179 bits per heavy atom. The number of hydrogen-bond donors (Lipinski definition) is 0. The van der Waals surface area contributed by atoms with Crippen molar-refractivity contribution in [3.05, 3.63) is 0 Å². The molecule has 0 heterocycles. The third kappa shape index (κ3) is 10900. The van der Waals surface area contributed by atoms with Crippen molar-refractivity contribution in [2.45, 2.75) is 0 Å². The zero-order chi connectivity index (χ0) is 47.4. The fraction of sp³-hybridized carbons (Fsp3) is 0. The van der Waals surface area contributed by atoms with E-state index in [0.717, 1.165) is 0 Å². The Morgan fingerprint density at radius 3 is 0.179 bits per heavy atom. The van der Waals surface area contributed by atoms with Crippen LogP contribution in [0.2, 0.25) is 0 Å². The summed E-state index contributed by atoms with van der Waals surface area (Å²) in [6.45, 7) is 0. The van der Waals surface area contributed by atoms with Crippen LogP contribution in [0.5, 0.6) is 0 Å². The van der Waals surface area contributed by atoms with Gasteiger partial charge in [-0.15, -0.1) is 0 Å². The molecule has 0 aromatic carbocycles. The Bertz CT molecular complexity index is 1700. The van der Waals surface area contributed by atoms with E-state index in [-0.39, 0.29) is 88.7 Å². The second-order valence-corrected chi connectivity index (χ2v) is 15.8. The predicted octanol–water partition coefficient (Wildman–Crippen LogP) is -16.1. The van der Waals surface area contributed by atoms with Crippen LogP contribution in [0.1, 0.15) is 0 Å². The van der Waals surface area contributed by atoms with Gasteiger partial charge in [0, 0.05) is 0 Å². The Labute approximate surface area is 434 Å². The van der Waals surface area contributed by atoms with Gasteiger partial charge in [-0.1, -0.05) is 0 Å². The molecule has 0 saturated heterocycles. The van der Waals surface area contributed by atoms with Gasteiger partial charge in [-0.25, -0.2) is 0 Å². The molecule has 0 aliphatic heterocycles. The van der Waals surface area contributed by atoms with Gasteiger partial charge < -0.3 is 19.2 Å². The van der Waals surface area contributed by atoms with Crippen LogP contribution in [0, 0.1) is 0 Å². The summed E-state index contributed by atoms with van der Waals surface area (Å²) < 4.78 is 318. The minimum atomic E-state index is -5.39. The van der Waals surface area contributed by atoms with Crippen molar-refractivity contribution in [3.63, 3.8) is 0 Å². The van der Waals surface area contributed by atoms with Crippen LogP contribution in [0.25, 0.3) is 0 Å². The van der Waals surface area contributed by atoms with E-state index in [2.05, 4.69) is 0 Å². The van der Waals surface area contributed by atoms with Crippen LogP contribution in [0.4, 0.5) is 0 Å². The zero-order valence-corrected chi connectivity index (χ0v) is 55.7. The van der Waals surface area contributed by atoms with E-state index < -0.39 is 214 Å². The first-order valence-electron chi connectivity index (χ1n) is 6.73. The van der Waals surface area contributed by atoms with Crippen molar-refractivity contribution in [2.24, 2.45) is 0 Å². The number of hydrogen-bond acceptors (Lipinski definition) is 40. The summed E-state index contributed by atoms with van der Waals surface area (Å²) in [5.74, 6) is 0. The molecule has 0 unspecified atom stereocenters. The molecule has 0 amide bonds. The molecule has 320 valence electrons. The molecule has 0 N–H and O–H groups in total. The van der Waals surface area contributed by atoms with E-state index in [4.69, 9.17) is 142 Å². The van der Waals surface area contributed by atoms with Crippen LogP contribution in [0.15, 0.2) is 0 Å². The fourth-order valence-electron chi connectivity index (χ4n) is 0. The van der Waals surface area contributed by atoms with Crippen LogP contribution >= 0.6 is 7.82 Å². The van der Waals surface area contributed by atoms with E-state index in [1.165, 1.54) is 0 Å². The molecular formula is Mo12Na3O40P. The molecule has 0 aromatic rings. The third-order valence-electron chi connectivity index (χ3n) is 0. The van der Waals surface area contributed by atoms with Crippen LogP contribution in [0.3, 0.4) is 0 Å². The van der Waals surface area contributed by atoms with Crippen LogP contribution < -0.4 is 103 Å². The number of phosphoric acid groups is 1. The molecule has 0 aliphatic rings. The van der Waals surface area contributed by atoms with E-state index in [1.807, 2.05) is 0 Å². The van der Waals surface area contributed by atoms with Gasteiger partial charge in [-0.05, 0) is 0 Å². The molecule has 0 radical (unpaired) electrons. The van der Waals surface area contributed by atoms with Crippen molar-refractivity contribution < 1.29 is 437 Å². The summed E-state index contributed by atoms with van der Waals surface area (Å²) in [5.41, 5.74) is 0. The summed E-state index contributed by atoms with van der Waals surface area (Å²) in [4.78, 5) is 25.6. The molecule has 0 bridgehead atoms. The first-order valence-corrected chi connectivity index (χ1v) is 37.7. The van der Waals surface area contributed by atoms with Gasteiger partial charge in [0.15, 0.2) is 0 Å². The van der Waals surface area contributed by atoms with Gasteiger partial charge in [-0.3, -0.25) is 0 Å². The predicted molar refractivity (Wildman–Crippen MR) is 32.3 cm³/mol. The Balaban J connectivity index is -0.0000000220. The van der Waals surface area contributed by atoms with Crippen molar-refractivity contribution in [1.82, 2.24) is 0 Å². The maximum atomic E-state index is 8.59. The van der Waals surface area contributed by atoms with Gasteiger partial charge in [0.2, 0.25) is 0 Å². The van der Waals surface area contributed by atoms with Gasteiger partial charge >= 0.3 is 417 Å². The van der Waals surface area contributed by atoms with E-state index in [0.29, 0.717) is 0 Å². The van der Waals surface area contributed by atoms with Crippen LogP contribution in [-0.4, -0.2) is 0 Å². The summed E-state index contributed by atoms with van der Waals surface area (Å²) in [6, 6.07) is 0. The average molecular weight is 1890 g/mol. The first kappa shape index (κ1) is 108. The zero-order valence-electron chi connectivity index (χ0n) is 24.7. The van der Waals surface area contributed by atoms with Gasteiger partial charge in [-0.2, -0.15) is 7.82 Å². The maximum absolute atomic E-state index is 8.59. The molecule has 0 aliphatic carbocycles. The van der Waals surface area contributed by atoms with Crippen molar-refractivity contribution in [1.29, 1.82) is 0 Å². The van der Waals surface area contributed by atoms with Gasteiger partial charge in [0.1, 0.15) is 0 Å². The van der Waals surface area contributed by atoms with Crippen molar-refractivity contribution in [3.8, 4) is 0 Å². The second-order valence-electron chi connectivity index (χ2n) is 2.90. The molecule has 0 rings (SSSR count). The quantitative estimate of drug-likeness (QED) is 0.160. The summed E-state index contributed by atoms with van der Waals surface area (Å²) in [6.07, 6.45) is 0. The molecule has 0 atom stereocenters. The van der Waals surface area contributed by atoms with Gasteiger partial charge in [0.25, 0.3) is 0 Å². The Morgan fingerprint density at radius 2 is 0.179 bits per heavy atom. The van der Waals surface area contributed by atoms with Crippen molar-refractivity contribution in [2.75, 3.05) is 0 Å². The Kier molecular flexibility index (Phi) is 181. The third-order valence-corrected chi connectivity index (χ3v) is 0. The molecular weight excluding hydrogens is 1890 g/mol. The summed E-state index contributed by atoms with van der Waals surface area (Å²) in [5, 5.41) is 0. The minimum absolute atomic E-state index is 0. The van der Waals surface area contributed by atoms with E-state index in [9.17, 15) is 0 Å². The standard InChI is InChI=1S/12Mo.3Na.H3O4P.36O/c;;;;;;;;;;;;;;;1-5(2,3)4;;;;;;;;;;;;;;;;;;;;;;;;;;;;;;;;;;;;/h;;;;;;;;;;;;;;;(H3,1,2,3,4);;;;;;;;;;;;;;;;;;;;;;;;;;;;;;;;;;;;/q;;;;;;;;;;;;3*+1;;;;;;;;;;;;;;;;;;;;;;;;;;;;;;;;;;;;;/p-3. The first-order chi connectivity index (χ1) is 22.8. The van der Waals surface area contributed by atoms with E-state index >= 15 is 0 Å². The summed E-state index contributed by atoms with van der Waals surface area (Å²) >= 11 is -49.3. The molecule has 0 aromatic heterocycles. The molecule has 0 spiro atoms. The van der Waals surface area contributed by atoms with Crippen LogP contribution in [-0.2, 0) is 333 Å². The topological polar surface area (TPSA) is 701 Å². The molecule has 0 fully saturated rings. The molecule has 56 heteroatoms. The normalized spacial score (nSPS) is 6.20. The van der Waals surface area contributed by atoms with Crippen molar-refractivity contribution >= 4 is 7.82 Å². The number of rotatable bonds is 0. The molecule has 56 heavy (non-hydrogen) atoms. The van der Waals surface area contributed by atoms with E-state index in [1.54, 1.807) is 0 Å². The monoisotopic (exact) mass is 1910 g/mol. The fourth-order valence-corrected chi connectivity index (χ4v) is 0. The van der Waals surface area contributed by atoms with Gasteiger partial charge in [0.05, 0.1) is 0 Å². The average Bonchev–Trinajstić information content (AvgIpc) is 2.66. The SMILES string of the molecule is O=P([O-])([O-])[O-].[Na+].[Na+].[Na+].[O]=[Mo](=[O])=[O].[O]=[Mo](=[O])=[O].[O]=[Mo](=[O])=[O].[O]=[Mo](=[O])=[O].[O]=[Mo](=[O])=[O].[O]=[Mo](=[O])=[O].[O]=[Mo](=[O])=[O].[O]=[Mo](=[O])=[O].[O]=[Mo](=[O])=[O].[O]=[Mo](=[O])=[O].[O]=[Mo](=[O])=[O].[O]=[Mo](=[O])=[O]. The molecule has 0 saturated carbocycles.